The number of hydrogen-bond donors (Lipinski definition) is 4. The number of benzene rings is 4. The van der Waals surface area contributed by atoms with E-state index >= 15 is 0 Å². The molecule has 10 heteroatoms. The average molecular weight is 530 g/mol. The highest BCUT2D eigenvalue weighted by atomic mass is 35.5. The Bertz CT molecular complexity index is 1550. The molecule has 9 nitrogen and oxygen atoms in total. The van der Waals surface area contributed by atoms with E-state index in [4.69, 9.17) is 14.9 Å². The summed E-state index contributed by atoms with van der Waals surface area (Å²) in [6.45, 7) is 0. The number of nitrogens with one attached hydrogen (secondary N) is 3. The Morgan fingerprint density at radius 2 is 1.47 bits per heavy atom. The molecule has 5 N–H and O–H groups in total. The number of para-hydroxylation sites is 2. The van der Waals surface area contributed by atoms with Crippen molar-refractivity contribution < 1.29 is 18.7 Å². The molecule has 192 valence electrons. The molecule has 0 saturated heterocycles. The summed E-state index contributed by atoms with van der Waals surface area (Å²) in [5.74, 6) is 1.22. The lowest BCUT2D eigenvalue weighted by Crippen LogP contribution is -2.19. The maximum Gasteiger partial charge on any atom is 0.323 e. The van der Waals surface area contributed by atoms with E-state index in [0.29, 0.717) is 40.0 Å². The third-order valence-corrected chi connectivity index (χ3v) is 5.53. The Labute approximate surface area is 224 Å². The van der Waals surface area contributed by atoms with E-state index in [0.717, 1.165) is 16.7 Å². The average Bonchev–Trinajstić information content (AvgIpc) is 3.35. The zero-order chi connectivity index (χ0) is 25.8. The van der Waals surface area contributed by atoms with Gasteiger partial charge >= 0.3 is 6.03 Å². The maximum absolute atomic E-state index is 12.5. The second kappa shape index (κ2) is 11.4. The van der Waals surface area contributed by atoms with Crippen molar-refractivity contribution in [3.8, 4) is 23.0 Å². The summed E-state index contributed by atoms with van der Waals surface area (Å²) in [5, 5.41) is 8.12. The van der Waals surface area contributed by atoms with E-state index in [9.17, 15) is 9.59 Å². The second-order valence-electron chi connectivity index (χ2n) is 8.10. The Balaban J connectivity index is 0.00000336. The number of hydrogen-bond acceptors (Lipinski definition) is 6. The van der Waals surface area contributed by atoms with Crippen LogP contribution < -0.4 is 26.4 Å². The fraction of sp³-hybridized carbons (Fsp3) is 0.0357. The molecule has 5 rings (SSSR count). The zero-order valence-corrected chi connectivity index (χ0v) is 21.0. The molecule has 5 aromatic rings. The molecule has 0 aliphatic carbocycles. The van der Waals surface area contributed by atoms with Crippen LogP contribution in [0.2, 0.25) is 0 Å². The highest BCUT2D eigenvalue weighted by molar-refractivity contribution is 6.00. The number of anilines is 3. The van der Waals surface area contributed by atoms with Gasteiger partial charge in [0.1, 0.15) is 17.0 Å². The Kier molecular flexibility index (Phi) is 7.79. The molecule has 1 heterocycles. The summed E-state index contributed by atoms with van der Waals surface area (Å²) >= 11 is 0. The van der Waals surface area contributed by atoms with Crippen molar-refractivity contribution in [2.24, 2.45) is 0 Å². The molecule has 0 unspecified atom stereocenters. The van der Waals surface area contributed by atoms with E-state index in [1.165, 1.54) is 7.05 Å². The van der Waals surface area contributed by atoms with Crippen LogP contribution >= 0.6 is 12.4 Å². The molecule has 0 aliphatic rings. The lowest BCUT2D eigenvalue weighted by atomic mass is 10.1. The van der Waals surface area contributed by atoms with Crippen molar-refractivity contribution in [3.05, 3.63) is 96.6 Å². The molecule has 3 amide bonds. The van der Waals surface area contributed by atoms with Crippen molar-refractivity contribution in [1.82, 2.24) is 10.3 Å². The van der Waals surface area contributed by atoms with Gasteiger partial charge in [-0.15, -0.1) is 12.4 Å². The minimum Gasteiger partial charge on any atom is -0.457 e. The number of nitrogens with zero attached hydrogens (tertiary/aromatic N) is 1. The standard InChI is InChI=1S/C28H23N5O4.ClH/c1-30-26(34)22-16-21(14-15-23(22)29)36-20-12-10-19(11-13-20)32-28(35)31-18-8-6-17(7-9-18)27-33-24-4-2-3-5-25(24)37-27;/h2-16H,29H2,1H3,(H,30,34)(H2,31,32,35);1H. The van der Waals surface area contributed by atoms with E-state index in [-0.39, 0.29) is 18.3 Å². The van der Waals surface area contributed by atoms with Gasteiger partial charge in [-0.05, 0) is 78.9 Å². The van der Waals surface area contributed by atoms with Crippen LogP contribution in [0.15, 0.2) is 95.4 Å². The number of rotatable bonds is 6. The van der Waals surface area contributed by atoms with E-state index < -0.39 is 6.03 Å². The SMILES string of the molecule is CNC(=O)c1cc(Oc2ccc(NC(=O)Nc3ccc(-c4nc5ccccc5o4)cc3)cc2)ccc1N.Cl. The third-order valence-electron chi connectivity index (χ3n) is 5.53. The van der Waals surface area contributed by atoms with Gasteiger partial charge in [0.2, 0.25) is 5.89 Å². The topological polar surface area (TPSA) is 132 Å². The quantitative estimate of drug-likeness (QED) is 0.191. The van der Waals surface area contributed by atoms with Gasteiger partial charge in [0.05, 0.1) is 5.56 Å². The normalized spacial score (nSPS) is 10.3. The van der Waals surface area contributed by atoms with Crippen LogP contribution in [0, 0.1) is 0 Å². The third kappa shape index (κ3) is 5.85. The lowest BCUT2D eigenvalue weighted by molar-refractivity contribution is 0.0963. The number of nitrogen functional groups attached to an aromatic ring is 1. The van der Waals surface area contributed by atoms with Gasteiger partial charge in [0.25, 0.3) is 5.91 Å². The zero-order valence-electron chi connectivity index (χ0n) is 20.2. The molecule has 0 radical (unpaired) electrons. The van der Waals surface area contributed by atoms with Crippen LogP contribution in [0.1, 0.15) is 10.4 Å². The summed E-state index contributed by atoms with van der Waals surface area (Å²) in [6, 6.07) is 26.1. The predicted octanol–water partition coefficient (Wildman–Crippen LogP) is 6.29. The summed E-state index contributed by atoms with van der Waals surface area (Å²) < 4.78 is 11.6. The molecule has 0 atom stereocenters. The monoisotopic (exact) mass is 529 g/mol. The van der Waals surface area contributed by atoms with Crippen molar-refractivity contribution in [3.63, 3.8) is 0 Å². The fourth-order valence-corrected chi connectivity index (χ4v) is 3.66. The Morgan fingerprint density at radius 3 is 2.13 bits per heavy atom. The van der Waals surface area contributed by atoms with Crippen LogP contribution in [0.25, 0.3) is 22.6 Å². The van der Waals surface area contributed by atoms with Crippen LogP contribution in [0.4, 0.5) is 21.9 Å². The fourth-order valence-electron chi connectivity index (χ4n) is 3.66. The molecule has 0 saturated carbocycles. The molecule has 38 heavy (non-hydrogen) atoms. The molecule has 0 spiro atoms. The first kappa shape index (κ1) is 26.1. The summed E-state index contributed by atoms with van der Waals surface area (Å²) in [7, 11) is 1.53. The molecule has 0 bridgehead atoms. The maximum atomic E-state index is 12.5. The number of aromatic nitrogens is 1. The largest absolute Gasteiger partial charge is 0.457 e. The first-order valence-electron chi connectivity index (χ1n) is 11.4. The molecular formula is C28H24ClN5O4. The van der Waals surface area contributed by atoms with Crippen LogP contribution in [0.3, 0.4) is 0 Å². The van der Waals surface area contributed by atoms with Gasteiger partial charge in [-0.1, -0.05) is 12.1 Å². The van der Waals surface area contributed by atoms with Gasteiger partial charge in [0.15, 0.2) is 5.58 Å². The Hall–Kier alpha value is -5.02. The summed E-state index contributed by atoms with van der Waals surface area (Å²) in [5.41, 5.74) is 10.1. The summed E-state index contributed by atoms with van der Waals surface area (Å²) in [4.78, 5) is 28.9. The Morgan fingerprint density at radius 1 is 0.842 bits per heavy atom. The lowest BCUT2D eigenvalue weighted by Gasteiger charge is -2.11. The van der Waals surface area contributed by atoms with E-state index in [1.807, 2.05) is 36.4 Å². The molecule has 1 aromatic heterocycles. The minimum atomic E-state index is -0.392. The molecule has 0 fully saturated rings. The first-order chi connectivity index (χ1) is 18.0. The molecule has 4 aromatic carbocycles. The molecular weight excluding hydrogens is 506 g/mol. The van der Waals surface area contributed by atoms with Crippen LogP contribution in [0.5, 0.6) is 11.5 Å². The number of ether oxygens (including phenoxy) is 1. The van der Waals surface area contributed by atoms with Crippen LogP contribution in [-0.4, -0.2) is 24.0 Å². The number of fused-ring (bicyclic) bond motifs is 1. The van der Waals surface area contributed by atoms with Crippen molar-refractivity contribution >= 4 is 52.5 Å². The minimum absolute atomic E-state index is 0. The van der Waals surface area contributed by atoms with Gasteiger partial charge < -0.3 is 30.8 Å². The van der Waals surface area contributed by atoms with Gasteiger partial charge in [-0.25, -0.2) is 9.78 Å². The number of nitrogens with two attached hydrogens (primary N) is 1. The smallest absolute Gasteiger partial charge is 0.323 e. The number of amides is 3. The number of urea groups is 1. The van der Waals surface area contributed by atoms with Gasteiger partial charge in [-0.3, -0.25) is 4.79 Å². The van der Waals surface area contributed by atoms with E-state index in [1.54, 1.807) is 54.6 Å². The van der Waals surface area contributed by atoms with Gasteiger partial charge in [0, 0.05) is 29.7 Å². The van der Waals surface area contributed by atoms with Crippen LogP contribution in [-0.2, 0) is 0 Å². The van der Waals surface area contributed by atoms with E-state index in [2.05, 4.69) is 20.9 Å². The van der Waals surface area contributed by atoms with Gasteiger partial charge in [-0.2, -0.15) is 0 Å². The van der Waals surface area contributed by atoms with Crippen molar-refractivity contribution in [2.75, 3.05) is 23.4 Å². The highest BCUT2D eigenvalue weighted by Gasteiger charge is 2.11. The second-order valence-corrected chi connectivity index (χ2v) is 8.10. The summed E-state index contributed by atoms with van der Waals surface area (Å²) in [6.07, 6.45) is 0. The molecule has 0 aliphatic heterocycles. The highest BCUT2D eigenvalue weighted by Crippen LogP contribution is 2.27. The predicted molar refractivity (Wildman–Crippen MR) is 150 cm³/mol. The van der Waals surface area contributed by atoms with Crippen molar-refractivity contribution in [1.29, 1.82) is 0 Å². The first-order valence-corrected chi connectivity index (χ1v) is 11.4. The number of halogens is 1. The number of oxazole rings is 1. The number of carbonyl (C=O) groups is 2. The number of carbonyl (C=O) groups excluding carboxylic acids is 2. The van der Waals surface area contributed by atoms with Crippen molar-refractivity contribution in [2.45, 2.75) is 0 Å².